The molecular formula is C19H14N4O2. The third kappa shape index (κ3) is 2.46. The number of pyridine rings is 1. The molecular weight excluding hydrogens is 316 g/mol. The van der Waals surface area contributed by atoms with Gasteiger partial charge in [0.2, 0.25) is 0 Å². The first kappa shape index (κ1) is 16.1. The van der Waals surface area contributed by atoms with Crippen molar-refractivity contribution >= 4 is 16.6 Å². The van der Waals surface area contributed by atoms with Gasteiger partial charge in [-0.05, 0) is 36.8 Å². The molecule has 0 saturated carbocycles. The number of fused-ring (bicyclic) bond motifs is 1. The molecule has 3 rings (SSSR count). The quantitative estimate of drug-likeness (QED) is 0.777. The molecule has 25 heavy (non-hydrogen) atoms. The summed E-state index contributed by atoms with van der Waals surface area (Å²) in [5, 5.41) is 19.2. The standard InChI is InChI=1S/C19H14N4O2/c1-11-3-4-13(7-12(11)9-20)23-17-8-14(25-2)5-6-15(17)18(22)16(10-21)19(23)24/h3-8H,22H2,1-2H3. The Labute approximate surface area is 143 Å². The highest BCUT2D eigenvalue weighted by Crippen LogP contribution is 2.28. The van der Waals surface area contributed by atoms with Gasteiger partial charge in [-0.3, -0.25) is 9.36 Å². The van der Waals surface area contributed by atoms with Crippen molar-refractivity contribution in [2.45, 2.75) is 6.92 Å². The van der Waals surface area contributed by atoms with Gasteiger partial charge in [-0.2, -0.15) is 10.5 Å². The van der Waals surface area contributed by atoms with E-state index >= 15 is 0 Å². The summed E-state index contributed by atoms with van der Waals surface area (Å²) in [7, 11) is 1.52. The first-order valence-corrected chi connectivity index (χ1v) is 7.45. The topological polar surface area (TPSA) is 105 Å². The third-order valence-electron chi connectivity index (χ3n) is 4.13. The molecule has 6 nitrogen and oxygen atoms in total. The van der Waals surface area contributed by atoms with E-state index in [9.17, 15) is 15.3 Å². The van der Waals surface area contributed by atoms with Crippen LogP contribution in [0, 0.1) is 29.6 Å². The van der Waals surface area contributed by atoms with Crippen molar-refractivity contribution in [3.8, 4) is 23.6 Å². The van der Waals surface area contributed by atoms with E-state index in [1.165, 1.54) is 11.7 Å². The van der Waals surface area contributed by atoms with E-state index in [0.717, 1.165) is 5.56 Å². The predicted molar refractivity (Wildman–Crippen MR) is 94.7 cm³/mol. The van der Waals surface area contributed by atoms with Crippen molar-refractivity contribution in [3.05, 3.63) is 63.4 Å². The number of aromatic nitrogens is 1. The van der Waals surface area contributed by atoms with Crippen LogP contribution in [0.15, 0.2) is 41.2 Å². The van der Waals surface area contributed by atoms with Gasteiger partial charge in [-0.25, -0.2) is 0 Å². The molecule has 1 heterocycles. The van der Waals surface area contributed by atoms with Crippen LogP contribution < -0.4 is 16.0 Å². The number of aryl methyl sites for hydroxylation is 1. The Balaban J connectivity index is 2.51. The SMILES string of the molecule is COc1ccc2c(N)c(C#N)c(=O)n(-c3ccc(C)c(C#N)c3)c2c1. The number of anilines is 1. The third-order valence-corrected chi connectivity index (χ3v) is 4.13. The Morgan fingerprint density at radius 2 is 1.88 bits per heavy atom. The van der Waals surface area contributed by atoms with Crippen molar-refractivity contribution in [2.75, 3.05) is 12.8 Å². The van der Waals surface area contributed by atoms with Crippen molar-refractivity contribution in [2.24, 2.45) is 0 Å². The smallest absolute Gasteiger partial charge is 0.275 e. The molecule has 0 bridgehead atoms. The lowest BCUT2D eigenvalue weighted by molar-refractivity contribution is 0.415. The minimum atomic E-state index is -0.534. The normalized spacial score (nSPS) is 10.2. The summed E-state index contributed by atoms with van der Waals surface area (Å²) in [6, 6.07) is 14.2. The van der Waals surface area contributed by atoms with Crippen molar-refractivity contribution in [1.29, 1.82) is 10.5 Å². The second kappa shape index (κ2) is 6.03. The van der Waals surface area contributed by atoms with Gasteiger partial charge in [0.05, 0.1) is 35.6 Å². The molecule has 0 saturated heterocycles. The number of nitriles is 2. The molecule has 0 amide bonds. The highest BCUT2D eigenvalue weighted by atomic mass is 16.5. The van der Waals surface area contributed by atoms with E-state index in [0.29, 0.717) is 27.9 Å². The molecule has 6 heteroatoms. The van der Waals surface area contributed by atoms with Crippen LogP contribution >= 0.6 is 0 Å². The lowest BCUT2D eigenvalue weighted by Crippen LogP contribution is -2.23. The van der Waals surface area contributed by atoms with Gasteiger partial charge in [0.1, 0.15) is 17.4 Å². The Hall–Kier alpha value is -3.77. The maximum Gasteiger partial charge on any atom is 0.275 e. The number of hydrogen-bond acceptors (Lipinski definition) is 5. The number of ether oxygens (including phenoxy) is 1. The maximum atomic E-state index is 12.9. The van der Waals surface area contributed by atoms with E-state index in [4.69, 9.17) is 10.5 Å². The summed E-state index contributed by atoms with van der Waals surface area (Å²) in [5.41, 5.74) is 7.74. The van der Waals surface area contributed by atoms with E-state index in [-0.39, 0.29) is 11.3 Å². The van der Waals surface area contributed by atoms with Gasteiger partial charge in [0.25, 0.3) is 5.56 Å². The van der Waals surface area contributed by atoms with Gasteiger partial charge < -0.3 is 10.5 Å². The molecule has 0 aliphatic rings. The molecule has 1 aromatic heterocycles. The predicted octanol–water partition coefficient (Wildman–Crippen LogP) is 2.63. The van der Waals surface area contributed by atoms with Crippen LogP contribution in [0.3, 0.4) is 0 Å². The second-order valence-electron chi connectivity index (χ2n) is 5.54. The van der Waals surface area contributed by atoms with Crippen LogP contribution in [-0.4, -0.2) is 11.7 Å². The lowest BCUT2D eigenvalue weighted by atomic mass is 10.1. The van der Waals surface area contributed by atoms with Crippen LogP contribution in [0.25, 0.3) is 16.6 Å². The van der Waals surface area contributed by atoms with Crippen LogP contribution in [0.1, 0.15) is 16.7 Å². The summed E-state index contributed by atoms with van der Waals surface area (Å²) < 4.78 is 6.62. The largest absolute Gasteiger partial charge is 0.497 e. The fraction of sp³-hybridized carbons (Fsp3) is 0.105. The number of rotatable bonds is 2. The summed E-state index contributed by atoms with van der Waals surface area (Å²) in [4.78, 5) is 12.9. The van der Waals surface area contributed by atoms with Gasteiger partial charge in [0, 0.05) is 11.5 Å². The first-order valence-electron chi connectivity index (χ1n) is 7.45. The number of methoxy groups -OCH3 is 1. The van der Waals surface area contributed by atoms with Crippen LogP contribution in [0.4, 0.5) is 5.69 Å². The number of nitrogens with zero attached hydrogens (tertiary/aromatic N) is 3. The number of nitrogen functional groups attached to an aromatic ring is 1. The molecule has 0 aliphatic carbocycles. The van der Waals surface area contributed by atoms with Gasteiger partial charge in [0.15, 0.2) is 0 Å². The van der Waals surface area contributed by atoms with E-state index in [2.05, 4.69) is 6.07 Å². The highest BCUT2D eigenvalue weighted by Gasteiger charge is 2.17. The first-order chi connectivity index (χ1) is 12.0. The fourth-order valence-corrected chi connectivity index (χ4v) is 2.76. The Morgan fingerprint density at radius 1 is 1.12 bits per heavy atom. The zero-order valence-electron chi connectivity index (χ0n) is 13.7. The van der Waals surface area contributed by atoms with E-state index in [1.54, 1.807) is 36.4 Å². The number of benzene rings is 2. The molecule has 2 aromatic carbocycles. The van der Waals surface area contributed by atoms with Crippen molar-refractivity contribution in [3.63, 3.8) is 0 Å². The van der Waals surface area contributed by atoms with E-state index in [1.807, 2.05) is 13.0 Å². The van der Waals surface area contributed by atoms with Gasteiger partial charge in [-0.15, -0.1) is 0 Å². The average Bonchev–Trinajstić information content (AvgIpc) is 2.63. The van der Waals surface area contributed by atoms with Gasteiger partial charge in [-0.1, -0.05) is 6.07 Å². The highest BCUT2D eigenvalue weighted by molar-refractivity contribution is 5.94. The minimum absolute atomic E-state index is 0.128. The summed E-state index contributed by atoms with van der Waals surface area (Å²) in [6.45, 7) is 1.82. The van der Waals surface area contributed by atoms with Crippen LogP contribution in [-0.2, 0) is 0 Å². The summed E-state index contributed by atoms with van der Waals surface area (Å²) in [6.07, 6.45) is 0. The lowest BCUT2D eigenvalue weighted by Gasteiger charge is -2.15. The maximum absolute atomic E-state index is 12.9. The zero-order chi connectivity index (χ0) is 18.1. The molecule has 0 radical (unpaired) electrons. The molecule has 3 aromatic rings. The molecule has 122 valence electrons. The van der Waals surface area contributed by atoms with Crippen molar-refractivity contribution < 1.29 is 4.74 Å². The minimum Gasteiger partial charge on any atom is -0.497 e. The summed E-state index contributed by atoms with van der Waals surface area (Å²) >= 11 is 0. The number of nitrogens with two attached hydrogens (primary N) is 1. The second-order valence-corrected chi connectivity index (χ2v) is 5.54. The zero-order valence-corrected chi connectivity index (χ0v) is 13.7. The van der Waals surface area contributed by atoms with Crippen LogP contribution in [0.2, 0.25) is 0 Å². The van der Waals surface area contributed by atoms with Crippen LogP contribution in [0.5, 0.6) is 5.75 Å². The molecule has 0 spiro atoms. The molecule has 0 atom stereocenters. The molecule has 0 unspecified atom stereocenters. The monoisotopic (exact) mass is 330 g/mol. The fourth-order valence-electron chi connectivity index (χ4n) is 2.76. The molecule has 0 fully saturated rings. The van der Waals surface area contributed by atoms with Gasteiger partial charge >= 0.3 is 0 Å². The Bertz CT molecular complexity index is 1150. The molecule has 0 aliphatic heterocycles. The average molecular weight is 330 g/mol. The Kier molecular flexibility index (Phi) is 3.88. The molecule has 2 N–H and O–H groups in total. The Morgan fingerprint density at radius 3 is 2.52 bits per heavy atom. The van der Waals surface area contributed by atoms with E-state index < -0.39 is 5.56 Å². The van der Waals surface area contributed by atoms with Crippen molar-refractivity contribution in [1.82, 2.24) is 4.57 Å². The summed E-state index contributed by atoms with van der Waals surface area (Å²) in [5.74, 6) is 0.553. The number of hydrogen-bond donors (Lipinski definition) is 1.